The van der Waals surface area contributed by atoms with Gasteiger partial charge in [-0.25, -0.2) is 0 Å². The fourth-order valence-corrected chi connectivity index (χ4v) is 6.32. The van der Waals surface area contributed by atoms with Crippen LogP contribution in [0.15, 0.2) is 129 Å². The second-order valence-electron chi connectivity index (χ2n) is 8.70. The molecule has 5 rings (SSSR count). The Morgan fingerprint density at radius 1 is 0.474 bits per heavy atom. The molecule has 0 fully saturated rings. The molecule has 0 unspecified atom stereocenters. The molecule has 192 valence electrons. The summed E-state index contributed by atoms with van der Waals surface area (Å²) in [5, 5.41) is 8.92. The molecule has 0 bridgehead atoms. The number of benzene rings is 4. The second-order valence-corrected chi connectivity index (χ2v) is 12.2. The van der Waals surface area contributed by atoms with E-state index in [1.807, 2.05) is 13.8 Å². The van der Waals surface area contributed by atoms with E-state index in [0.717, 1.165) is 20.0 Å². The van der Waals surface area contributed by atoms with Crippen molar-refractivity contribution in [3.8, 4) is 0 Å². The van der Waals surface area contributed by atoms with E-state index in [0.29, 0.717) is 11.1 Å². The lowest BCUT2D eigenvalue weighted by Gasteiger charge is -2.31. The fraction of sp³-hybridized carbons (Fsp3) is 0.0714. The summed E-state index contributed by atoms with van der Waals surface area (Å²) in [7, 11) is -8.52. The molecule has 10 heteroatoms. The van der Waals surface area contributed by atoms with Crippen LogP contribution in [-0.4, -0.2) is 37.3 Å². The van der Waals surface area contributed by atoms with Gasteiger partial charge < -0.3 is 0 Å². The Morgan fingerprint density at radius 2 is 0.789 bits per heavy atom. The Bertz CT molecular complexity index is 1600. The maximum atomic E-state index is 13.9. The summed E-state index contributed by atoms with van der Waals surface area (Å²) in [6.45, 7) is 3.79. The zero-order valence-corrected chi connectivity index (χ0v) is 22.3. The highest BCUT2D eigenvalue weighted by Crippen LogP contribution is 2.28. The predicted molar refractivity (Wildman–Crippen MR) is 146 cm³/mol. The molecule has 0 spiro atoms. The third-order valence-electron chi connectivity index (χ3n) is 5.89. The van der Waals surface area contributed by atoms with Crippen LogP contribution in [0, 0.1) is 13.8 Å². The summed E-state index contributed by atoms with van der Waals surface area (Å²) in [6.07, 6.45) is 0. The van der Waals surface area contributed by atoms with E-state index in [4.69, 9.17) is 0 Å². The number of aryl methyl sites for hydroxylation is 2. The molecule has 0 radical (unpaired) electrons. The van der Waals surface area contributed by atoms with Crippen LogP contribution in [0.1, 0.15) is 22.3 Å². The lowest BCUT2D eigenvalue weighted by Crippen LogP contribution is -2.45. The molecule has 0 aliphatic carbocycles. The second kappa shape index (κ2) is 9.88. The van der Waals surface area contributed by atoms with Gasteiger partial charge in [-0.2, -0.15) is 16.8 Å². The Morgan fingerprint density at radius 3 is 1.11 bits per heavy atom. The number of hydrogen-bond donors (Lipinski definition) is 0. The number of hydrazone groups is 2. The summed E-state index contributed by atoms with van der Waals surface area (Å²) in [6, 6.07) is 29.6. The van der Waals surface area contributed by atoms with E-state index >= 15 is 0 Å². The first-order valence-corrected chi connectivity index (χ1v) is 14.6. The zero-order chi connectivity index (χ0) is 26.9. The predicted octanol–water partition coefficient (Wildman–Crippen LogP) is 4.72. The maximum Gasteiger partial charge on any atom is 0.285 e. The molecule has 4 aromatic rings. The van der Waals surface area contributed by atoms with Crippen LogP contribution in [-0.2, 0) is 20.0 Å². The highest BCUT2D eigenvalue weighted by atomic mass is 32.2. The van der Waals surface area contributed by atoms with Crippen LogP contribution in [0.5, 0.6) is 0 Å². The van der Waals surface area contributed by atoms with Crippen molar-refractivity contribution in [2.45, 2.75) is 23.6 Å². The minimum absolute atomic E-state index is 0.00816. The average molecular weight is 545 g/mol. The number of hydrogen-bond acceptors (Lipinski definition) is 6. The lowest BCUT2D eigenvalue weighted by molar-refractivity contribution is 0.488. The molecule has 8 nitrogen and oxygen atoms in total. The molecule has 1 aliphatic heterocycles. The molecular formula is C28H24N4O4S2. The number of amidine groups is 2. The van der Waals surface area contributed by atoms with Crippen LogP contribution in [0.25, 0.3) is 0 Å². The van der Waals surface area contributed by atoms with Crippen molar-refractivity contribution in [3.05, 3.63) is 131 Å². The minimum atomic E-state index is -4.26. The van der Waals surface area contributed by atoms with Crippen LogP contribution >= 0.6 is 0 Å². The summed E-state index contributed by atoms with van der Waals surface area (Å²) in [5.74, 6) is -0.298. The van der Waals surface area contributed by atoms with Crippen molar-refractivity contribution in [1.82, 2.24) is 8.83 Å². The molecule has 0 N–H and O–H groups in total. The minimum Gasteiger partial charge on any atom is -0.199 e. The first kappa shape index (κ1) is 25.4. The quantitative estimate of drug-likeness (QED) is 0.351. The van der Waals surface area contributed by atoms with Gasteiger partial charge in [0.15, 0.2) is 11.7 Å². The SMILES string of the molecule is Cc1ccc(C2=NN(S(=O)(=O)c3ccccc3)C(c3ccc(C)cc3)=NN2S(=O)(=O)c2ccccc2)cc1. The highest BCUT2D eigenvalue weighted by molar-refractivity contribution is 7.90. The normalized spacial score (nSPS) is 14.2. The molecule has 1 heterocycles. The molecule has 38 heavy (non-hydrogen) atoms. The fourth-order valence-electron chi connectivity index (χ4n) is 3.80. The molecule has 0 aromatic heterocycles. The topological polar surface area (TPSA) is 99.5 Å². The first-order valence-electron chi connectivity index (χ1n) is 11.7. The van der Waals surface area contributed by atoms with Gasteiger partial charge in [0.05, 0.1) is 9.79 Å². The summed E-state index contributed by atoms with van der Waals surface area (Å²) in [5.41, 5.74) is 2.66. The van der Waals surface area contributed by atoms with Gasteiger partial charge in [0.1, 0.15) is 0 Å². The summed E-state index contributed by atoms with van der Waals surface area (Å²) >= 11 is 0. The zero-order valence-electron chi connectivity index (χ0n) is 20.6. The van der Waals surface area contributed by atoms with Crippen molar-refractivity contribution in [2.24, 2.45) is 10.2 Å². The van der Waals surface area contributed by atoms with E-state index < -0.39 is 20.0 Å². The monoisotopic (exact) mass is 544 g/mol. The Balaban J connectivity index is 1.78. The first-order chi connectivity index (χ1) is 18.2. The third kappa shape index (κ3) is 4.71. The lowest BCUT2D eigenvalue weighted by atomic mass is 10.1. The van der Waals surface area contributed by atoms with Crippen LogP contribution in [0.2, 0.25) is 0 Å². The highest BCUT2D eigenvalue weighted by Gasteiger charge is 2.39. The number of rotatable bonds is 6. The van der Waals surface area contributed by atoms with Crippen LogP contribution in [0.4, 0.5) is 0 Å². The van der Waals surface area contributed by atoms with Crippen molar-refractivity contribution in [1.29, 1.82) is 0 Å². The largest absolute Gasteiger partial charge is 0.285 e. The van der Waals surface area contributed by atoms with Gasteiger partial charge in [0, 0.05) is 11.1 Å². The third-order valence-corrected chi connectivity index (χ3v) is 9.05. The van der Waals surface area contributed by atoms with Crippen LogP contribution < -0.4 is 0 Å². The average Bonchev–Trinajstić information content (AvgIpc) is 2.94. The molecule has 4 aromatic carbocycles. The molecule has 0 saturated carbocycles. The molecule has 0 amide bonds. The van der Waals surface area contributed by atoms with Gasteiger partial charge in [0.2, 0.25) is 0 Å². The van der Waals surface area contributed by atoms with E-state index in [-0.39, 0.29) is 21.5 Å². The van der Waals surface area contributed by atoms with E-state index in [2.05, 4.69) is 10.2 Å². The van der Waals surface area contributed by atoms with Crippen molar-refractivity contribution in [3.63, 3.8) is 0 Å². The van der Waals surface area contributed by atoms with E-state index in [9.17, 15) is 16.8 Å². The smallest absolute Gasteiger partial charge is 0.199 e. The van der Waals surface area contributed by atoms with Crippen molar-refractivity contribution < 1.29 is 16.8 Å². The number of nitrogens with zero attached hydrogens (tertiary/aromatic N) is 4. The standard InChI is InChI=1S/C28H24N4O4S2/c1-21-13-17-23(18-14-21)27-29-32(38(35,36)26-11-7-4-8-12-26)28(24-19-15-22(2)16-20-24)30-31(27)37(33,34)25-9-5-3-6-10-25/h3-20H,1-2H3. The van der Waals surface area contributed by atoms with Gasteiger partial charge in [0.25, 0.3) is 20.0 Å². The van der Waals surface area contributed by atoms with Gasteiger partial charge in [-0.3, -0.25) is 0 Å². The number of sulfonamides is 2. The summed E-state index contributed by atoms with van der Waals surface area (Å²) in [4.78, 5) is -0.0163. The van der Waals surface area contributed by atoms with Crippen molar-refractivity contribution >= 4 is 31.7 Å². The molecule has 0 saturated heterocycles. The van der Waals surface area contributed by atoms with E-state index in [1.165, 1.54) is 24.3 Å². The van der Waals surface area contributed by atoms with Gasteiger partial charge in [-0.15, -0.1) is 19.0 Å². The Labute approximate surface area is 222 Å². The molecule has 0 atom stereocenters. The van der Waals surface area contributed by atoms with Crippen molar-refractivity contribution in [2.75, 3.05) is 0 Å². The van der Waals surface area contributed by atoms with Gasteiger partial charge >= 0.3 is 0 Å². The molecule has 1 aliphatic rings. The van der Waals surface area contributed by atoms with Gasteiger partial charge in [-0.05, 0) is 38.1 Å². The van der Waals surface area contributed by atoms with E-state index in [1.54, 1.807) is 84.9 Å². The van der Waals surface area contributed by atoms with Crippen LogP contribution in [0.3, 0.4) is 0 Å². The Kier molecular flexibility index (Phi) is 6.60. The summed E-state index contributed by atoms with van der Waals surface area (Å²) < 4.78 is 57.1. The molecular weight excluding hydrogens is 520 g/mol. The van der Waals surface area contributed by atoms with Gasteiger partial charge in [-0.1, -0.05) is 96.1 Å². The maximum absolute atomic E-state index is 13.9. The Hall–Kier alpha value is -4.28.